The largest absolute Gasteiger partial charge is 0.302 e. The Hall–Kier alpha value is -0.840. The molecule has 0 fully saturated rings. The van der Waals surface area contributed by atoms with Crippen LogP contribution in [0.1, 0.15) is 18.5 Å². The average molecular weight is 210 g/mol. The number of benzene rings is 1. The molecule has 1 rings (SSSR count). The Kier molecular flexibility index (Phi) is 5.29. The standard InChI is InChI=1S/C10H14N2OS/c1-9(12-14-11-7-8-13)10-5-3-2-4-6-10/h2-6,8-9,11-12H,7H2,1H3. The molecule has 76 valence electrons. The molecule has 1 aromatic carbocycles. The minimum Gasteiger partial charge on any atom is -0.302 e. The number of rotatable bonds is 6. The third kappa shape index (κ3) is 3.91. The lowest BCUT2D eigenvalue weighted by Gasteiger charge is -2.12. The first kappa shape index (κ1) is 11.2. The number of hydrogen-bond donors (Lipinski definition) is 2. The quantitative estimate of drug-likeness (QED) is 0.426. The van der Waals surface area contributed by atoms with Crippen molar-refractivity contribution >= 4 is 18.4 Å². The molecular formula is C10H14N2OS. The summed E-state index contributed by atoms with van der Waals surface area (Å²) in [4.78, 5) is 10.0. The van der Waals surface area contributed by atoms with Gasteiger partial charge in [0.05, 0.1) is 6.54 Å². The molecule has 0 spiro atoms. The fraction of sp³-hybridized carbons (Fsp3) is 0.300. The van der Waals surface area contributed by atoms with Crippen LogP contribution < -0.4 is 9.44 Å². The van der Waals surface area contributed by atoms with Crippen LogP contribution in [0.15, 0.2) is 30.3 Å². The zero-order chi connectivity index (χ0) is 10.2. The predicted octanol–water partition coefficient (Wildman–Crippen LogP) is 1.69. The molecule has 0 radical (unpaired) electrons. The SMILES string of the molecule is CC(NSNCC=O)c1ccccc1. The number of carbonyl (C=O) groups is 1. The highest BCUT2D eigenvalue weighted by molar-refractivity contribution is 7.95. The Morgan fingerprint density at radius 2 is 2.14 bits per heavy atom. The van der Waals surface area contributed by atoms with Crippen molar-refractivity contribution in [3.63, 3.8) is 0 Å². The van der Waals surface area contributed by atoms with Gasteiger partial charge in [-0.05, 0) is 12.5 Å². The average Bonchev–Trinajstić information content (AvgIpc) is 2.25. The Labute approximate surface area is 88.5 Å². The molecule has 0 aliphatic carbocycles. The van der Waals surface area contributed by atoms with E-state index in [-0.39, 0.29) is 6.04 Å². The van der Waals surface area contributed by atoms with Crippen molar-refractivity contribution in [1.82, 2.24) is 9.44 Å². The number of hydrogen-bond acceptors (Lipinski definition) is 4. The maximum Gasteiger partial charge on any atom is 0.134 e. The van der Waals surface area contributed by atoms with Crippen molar-refractivity contribution in [3.05, 3.63) is 35.9 Å². The summed E-state index contributed by atoms with van der Waals surface area (Å²) in [6.07, 6.45) is 0.835. The maximum atomic E-state index is 10.0. The van der Waals surface area contributed by atoms with Gasteiger partial charge in [0, 0.05) is 18.2 Å². The number of nitrogens with one attached hydrogen (secondary N) is 2. The lowest BCUT2D eigenvalue weighted by Crippen LogP contribution is -2.18. The Balaban J connectivity index is 2.28. The monoisotopic (exact) mass is 210 g/mol. The van der Waals surface area contributed by atoms with Crippen LogP contribution >= 0.6 is 12.1 Å². The molecule has 1 aromatic rings. The summed E-state index contributed by atoms with van der Waals surface area (Å²) in [5.41, 5.74) is 1.23. The zero-order valence-corrected chi connectivity index (χ0v) is 8.88. The molecule has 0 saturated heterocycles. The normalized spacial score (nSPS) is 12.4. The van der Waals surface area contributed by atoms with E-state index in [1.807, 2.05) is 18.2 Å². The van der Waals surface area contributed by atoms with Crippen LogP contribution in [-0.4, -0.2) is 12.8 Å². The van der Waals surface area contributed by atoms with Crippen LogP contribution in [-0.2, 0) is 4.79 Å². The van der Waals surface area contributed by atoms with Gasteiger partial charge in [-0.25, -0.2) is 9.44 Å². The molecule has 0 bridgehead atoms. The summed E-state index contributed by atoms with van der Waals surface area (Å²) >= 11 is 1.35. The summed E-state index contributed by atoms with van der Waals surface area (Å²) in [6.45, 7) is 2.43. The fourth-order valence-electron chi connectivity index (χ4n) is 1.02. The van der Waals surface area contributed by atoms with E-state index >= 15 is 0 Å². The minimum absolute atomic E-state index is 0.264. The summed E-state index contributed by atoms with van der Waals surface area (Å²) < 4.78 is 6.05. The number of carbonyl (C=O) groups excluding carboxylic acids is 1. The topological polar surface area (TPSA) is 41.1 Å². The van der Waals surface area contributed by atoms with E-state index < -0.39 is 0 Å². The van der Waals surface area contributed by atoms with Gasteiger partial charge in [0.1, 0.15) is 6.29 Å². The molecule has 2 N–H and O–H groups in total. The molecule has 0 aromatic heterocycles. The fourth-order valence-corrected chi connectivity index (χ4v) is 1.56. The molecular weight excluding hydrogens is 196 g/mol. The molecule has 14 heavy (non-hydrogen) atoms. The Morgan fingerprint density at radius 3 is 2.79 bits per heavy atom. The molecule has 1 unspecified atom stereocenters. The maximum absolute atomic E-state index is 10.0. The van der Waals surface area contributed by atoms with Crippen molar-refractivity contribution in [2.24, 2.45) is 0 Å². The van der Waals surface area contributed by atoms with E-state index in [2.05, 4.69) is 28.5 Å². The minimum atomic E-state index is 0.264. The van der Waals surface area contributed by atoms with Crippen molar-refractivity contribution in [1.29, 1.82) is 0 Å². The molecule has 0 saturated carbocycles. The van der Waals surface area contributed by atoms with Crippen LogP contribution in [0.4, 0.5) is 0 Å². The van der Waals surface area contributed by atoms with Gasteiger partial charge in [-0.2, -0.15) is 0 Å². The summed E-state index contributed by atoms with van der Waals surface area (Å²) in [5, 5.41) is 0. The first-order valence-electron chi connectivity index (χ1n) is 4.47. The van der Waals surface area contributed by atoms with Gasteiger partial charge in [0.2, 0.25) is 0 Å². The Bertz CT molecular complexity index is 266. The van der Waals surface area contributed by atoms with Crippen LogP contribution in [0.5, 0.6) is 0 Å². The molecule has 1 atom stereocenters. The van der Waals surface area contributed by atoms with E-state index in [0.29, 0.717) is 6.54 Å². The lowest BCUT2D eigenvalue weighted by molar-refractivity contribution is -0.106. The Morgan fingerprint density at radius 1 is 1.43 bits per heavy atom. The smallest absolute Gasteiger partial charge is 0.134 e. The van der Waals surface area contributed by atoms with E-state index in [4.69, 9.17) is 0 Å². The van der Waals surface area contributed by atoms with Gasteiger partial charge in [0.15, 0.2) is 0 Å². The van der Waals surface area contributed by atoms with Crippen LogP contribution in [0.25, 0.3) is 0 Å². The second kappa shape index (κ2) is 6.59. The highest BCUT2D eigenvalue weighted by atomic mass is 32.2. The van der Waals surface area contributed by atoms with Gasteiger partial charge in [-0.15, -0.1) is 0 Å². The number of aldehydes is 1. The molecule has 0 amide bonds. The first-order valence-corrected chi connectivity index (χ1v) is 5.29. The highest BCUT2D eigenvalue weighted by Crippen LogP contribution is 2.12. The molecule has 3 nitrogen and oxygen atoms in total. The van der Waals surface area contributed by atoms with Crippen molar-refractivity contribution in [3.8, 4) is 0 Å². The van der Waals surface area contributed by atoms with Crippen molar-refractivity contribution < 1.29 is 4.79 Å². The summed E-state index contributed by atoms with van der Waals surface area (Å²) in [7, 11) is 0. The van der Waals surface area contributed by atoms with Gasteiger partial charge in [0.25, 0.3) is 0 Å². The highest BCUT2D eigenvalue weighted by Gasteiger charge is 2.02. The summed E-state index contributed by atoms with van der Waals surface area (Å²) in [6, 6.07) is 10.4. The van der Waals surface area contributed by atoms with Gasteiger partial charge in [-0.1, -0.05) is 30.3 Å². The first-order chi connectivity index (χ1) is 6.84. The van der Waals surface area contributed by atoms with E-state index in [1.165, 1.54) is 17.7 Å². The second-order valence-corrected chi connectivity index (χ2v) is 3.60. The summed E-state index contributed by atoms with van der Waals surface area (Å²) in [5.74, 6) is 0. The third-order valence-corrected chi connectivity index (χ3v) is 2.56. The van der Waals surface area contributed by atoms with Crippen LogP contribution in [0.3, 0.4) is 0 Å². The molecule has 4 heteroatoms. The second-order valence-electron chi connectivity index (χ2n) is 2.87. The zero-order valence-electron chi connectivity index (χ0n) is 8.07. The van der Waals surface area contributed by atoms with E-state index in [9.17, 15) is 4.79 Å². The third-order valence-electron chi connectivity index (χ3n) is 1.77. The molecule has 0 aliphatic rings. The molecule has 0 aliphatic heterocycles. The van der Waals surface area contributed by atoms with E-state index in [0.717, 1.165) is 6.29 Å². The van der Waals surface area contributed by atoms with Crippen molar-refractivity contribution in [2.75, 3.05) is 6.54 Å². The predicted molar refractivity (Wildman–Crippen MR) is 59.7 cm³/mol. The van der Waals surface area contributed by atoms with Gasteiger partial charge in [-0.3, -0.25) is 0 Å². The lowest BCUT2D eigenvalue weighted by atomic mass is 10.1. The van der Waals surface area contributed by atoms with Gasteiger partial charge >= 0.3 is 0 Å². The van der Waals surface area contributed by atoms with E-state index in [1.54, 1.807) is 0 Å². The molecule has 0 heterocycles. The van der Waals surface area contributed by atoms with Gasteiger partial charge < -0.3 is 4.79 Å². The van der Waals surface area contributed by atoms with Crippen molar-refractivity contribution in [2.45, 2.75) is 13.0 Å². The van der Waals surface area contributed by atoms with Crippen LogP contribution in [0, 0.1) is 0 Å². The van der Waals surface area contributed by atoms with Crippen LogP contribution in [0.2, 0.25) is 0 Å².